The number of carbonyl (C=O) groups is 1. The topological polar surface area (TPSA) is 99.6 Å². The molecular weight excluding hydrogens is 446 g/mol. The zero-order chi connectivity index (χ0) is 23.6. The van der Waals surface area contributed by atoms with E-state index in [0.717, 1.165) is 31.7 Å². The molecule has 0 aliphatic carbocycles. The lowest BCUT2D eigenvalue weighted by atomic mass is 9.96. The molecule has 1 aromatic rings. The van der Waals surface area contributed by atoms with Gasteiger partial charge in [0, 0.05) is 32.7 Å². The molecule has 0 unspecified atom stereocenters. The number of carbonyl (C=O) groups excluding carboxylic acids is 1. The fraction of sp³-hybridized carbons (Fsp3) is 0.696. The third-order valence-electron chi connectivity index (χ3n) is 6.79. The molecule has 10 heteroatoms. The van der Waals surface area contributed by atoms with Crippen LogP contribution in [-0.4, -0.2) is 111 Å². The molecule has 184 valence electrons. The van der Waals surface area contributed by atoms with E-state index >= 15 is 0 Å². The quantitative estimate of drug-likeness (QED) is 0.667. The Kier molecular flexibility index (Phi) is 7.72. The minimum absolute atomic E-state index is 0.0390. The van der Waals surface area contributed by atoms with Crippen LogP contribution in [0.2, 0.25) is 0 Å². The van der Waals surface area contributed by atoms with Crippen LogP contribution in [0.3, 0.4) is 0 Å². The van der Waals surface area contributed by atoms with Crippen molar-refractivity contribution in [3.63, 3.8) is 0 Å². The Morgan fingerprint density at radius 1 is 1.15 bits per heavy atom. The Labute approximate surface area is 196 Å². The molecule has 0 spiro atoms. The maximum absolute atomic E-state index is 13.6. The van der Waals surface area contributed by atoms with Gasteiger partial charge in [0.1, 0.15) is 0 Å². The highest BCUT2D eigenvalue weighted by molar-refractivity contribution is 7.89. The number of fused-ring (bicyclic) bond motifs is 1. The minimum Gasteiger partial charge on any atom is -0.389 e. The van der Waals surface area contributed by atoms with Gasteiger partial charge in [-0.3, -0.25) is 4.79 Å². The van der Waals surface area contributed by atoms with Crippen LogP contribution in [0.1, 0.15) is 24.8 Å². The number of piperazine rings is 1. The van der Waals surface area contributed by atoms with Gasteiger partial charge in [0.05, 0.1) is 48.9 Å². The smallest absolute Gasteiger partial charge is 0.243 e. The molecule has 1 amide bonds. The third kappa shape index (κ3) is 5.75. The monoisotopic (exact) mass is 481 g/mol. The van der Waals surface area contributed by atoms with E-state index in [0.29, 0.717) is 19.3 Å². The molecule has 4 rings (SSSR count). The number of likely N-dealkylation sites (N-methyl/N-ethyl adjacent to an activating group) is 1. The van der Waals surface area contributed by atoms with Crippen molar-refractivity contribution in [1.82, 2.24) is 14.1 Å². The fourth-order valence-electron chi connectivity index (χ4n) is 4.86. The van der Waals surface area contributed by atoms with Crippen molar-refractivity contribution in [2.45, 2.75) is 55.4 Å². The van der Waals surface area contributed by atoms with E-state index < -0.39 is 28.3 Å². The fourth-order valence-corrected chi connectivity index (χ4v) is 6.68. The molecule has 4 atom stereocenters. The molecule has 3 fully saturated rings. The van der Waals surface area contributed by atoms with E-state index in [-0.39, 0.29) is 36.7 Å². The number of sulfonamides is 1. The number of benzene rings is 1. The van der Waals surface area contributed by atoms with Gasteiger partial charge in [-0.25, -0.2) is 8.42 Å². The molecular formula is C23H35N3O6S. The van der Waals surface area contributed by atoms with Crippen LogP contribution in [0, 0.1) is 6.92 Å². The summed E-state index contributed by atoms with van der Waals surface area (Å²) in [6.07, 6.45) is -0.253. The van der Waals surface area contributed by atoms with E-state index in [1.165, 1.54) is 4.31 Å². The molecule has 1 aromatic carbocycles. The number of hydrogen-bond donors (Lipinski definition) is 1. The summed E-state index contributed by atoms with van der Waals surface area (Å²) in [6, 6.07) is 6.35. The second kappa shape index (κ2) is 10.4. The lowest BCUT2D eigenvalue weighted by molar-refractivity contribution is -0.152. The van der Waals surface area contributed by atoms with Crippen LogP contribution in [0.4, 0.5) is 0 Å². The molecule has 3 heterocycles. The van der Waals surface area contributed by atoms with E-state index in [1.54, 1.807) is 18.2 Å². The van der Waals surface area contributed by atoms with Gasteiger partial charge in [-0.05, 0) is 44.5 Å². The number of nitrogens with zero attached hydrogens (tertiary/aromatic N) is 3. The van der Waals surface area contributed by atoms with E-state index in [4.69, 9.17) is 9.47 Å². The summed E-state index contributed by atoms with van der Waals surface area (Å²) < 4.78 is 40.4. The summed E-state index contributed by atoms with van der Waals surface area (Å²) in [5.74, 6) is 0.0815. The summed E-state index contributed by atoms with van der Waals surface area (Å²) in [4.78, 5) is 17.1. The predicted molar refractivity (Wildman–Crippen MR) is 122 cm³/mol. The van der Waals surface area contributed by atoms with Crippen molar-refractivity contribution >= 4 is 15.9 Å². The van der Waals surface area contributed by atoms with E-state index in [1.807, 2.05) is 24.9 Å². The maximum Gasteiger partial charge on any atom is 0.243 e. The van der Waals surface area contributed by atoms with Crippen LogP contribution >= 0.6 is 0 Å². The van der Waals surface area contributed by atoms with Gasteiger partial charge in [-0.2, -0.15) is 4.31 Å². The molecule has 3 aliphatic rings. The first kappa shape index (κ1) is 24.6. The molecule has 1 N–H and O–H groups in total. The van der Waals surface area contributed by atoms with Crippen molar-refractivity contribution in [1.29, 1.82) is 0 Å². The summed E-state index contributed by atoms with van der Waals surface area (Å²) >= 11 is 0. The van der Waals surface area contributed by atoms with Crippen LogP contribution in [0.15, 0.2) is 29.2 Å². The number of amides is 1. The summed E-state index contributed by atoms with van der Waals surface area (Å²) in [5.41, 5.74) is 0.853. The Morgan fingerprint density at radius 3 is 2.64 bits per heavy atom. The highest BCUT2D eigenvalue weighted by atomic mass is 32.2. The van der Waals surface area contributed by atoms with Gasteiger partial charge >= 0.3 is 0 Å². The molecule has 0 bridgehead atoms. The first-order chi connectivity index (χ1) is 15.7. The van der Waals surface area contributed by atoms with Crippen molar-refractivity contribution in [2.75, 3.05) is 53.0 Å². The Bertz CT molecular complexity index is 934. The molecule has 9 nitrogen and oxygen atoms in total. The number of ether oxygens (including phenoxy) is 2. The second-order valence-corrected chi connectivity index (χ2v) is 11.3. The molecule has 0 saturated carbocycles. The van der Waals surface area contributed by atoms with Crippen molar-refractivity contribution in [2.24, 2.45) is 0 Å². The van der Waals surface area contributed by atoms with E-state index in [2.05, 4.69) is 4.90 Å². The number of aliphatic hydroxyl groups is 1. The third-order valence-corrected chi connectivity index (χ3v) is 8.68. The Morgan fingerprint density at radius 2 is 1.91 bits per heavy atom. The average molecular weight is 482 g/mol. The van der Waals surface area contributed by atoms with Gasteiger partial charge < -0.3 is 24.4 Å². The van der Waals surface area contributed by atoms with Crippen LogP contribution in [0.5, 0.6) is 0 Å². The zero-order valence-corrected chi connectivity index (χ0v) is 20.2. The number of aliphatic hydroxyl groups excluding tert-OH is 1. The van der Waals surface area contributed by atoms with Gasteiger partial charge in [-0.15, -0.1) is 0 Å². The first-order valence-electron chi connectivity index (χ1n) is 11.7. The minimum atomic E-state index is -3.83. The normalized spacial score (nSPS) is 30.3. The first-order valence-corrected chi connectivity index (χ1v) is 13.1. The number of aryl methyl sites for hydroxylation is 1. The van der Waals surface area contributed by atoms with Crippen molar-refractivity contribution in [3.8, 4) is 0 Å². The molecule has 0 aromatic heterocycles. The Balaban J connectivity index is 1.48. The lowest BCUT2D eigenvalue weighted by Gasteiger charge is -2.44. The largest absolute Gasteiger partial charge is 0.389 e. The van der Waals surface area contributed by atoms with Gasteiger partial charge in [0.2, 0.25) is 15.9 Å². The van der Waals surface area contributed by atoms with Crippen molar-refractivity contribution in [3.05, 3.63) is 29.8 Å². The second-order valence-electron chi connectivity index (χ2n) is 9.41. The maximum atomic E-state index is 13.6. The average Bonchev–Trinajstić information content (AvgIpc) is 2.77. The van der Waals surface area contributed by atoms with Gasteiger partial charge in [-0.1, -0.05) is 12.1 Å². The molecule has 33 heavy (non-hydrogen) atoms. The van der Waals surface area contributed by atoms with Crippen LogP contribution < -0.4 is 0 Å². The van der Waals surface area contributed by atoms with Gasteiger partial charge in [0.25, 0.3) is 0 Å². The highest BCUT2D eigenvalue weighted by Gasteiger charge is 2.43. The van der Waals surface area contributed by atoms with Gasteiger partial charge in [0.15, 0.2) is 0 Å². The SMILES string of the molecule is Cc1cccc(S(=O)(=O)N2C[C@@H](O)COC[C@H]3O[C@@H](CC(=O)N4CCN(C)CC4)CC[C@@H]32)c1. The molecule has 0 radical (unpaired) electrons. The van der Waals surface area contributed by atoms with Crippen LogP contribution in [-0.2, 0) is 24.3 Å². The zero-order valence-electron chi connectivity index (χ0n) is 19.4. The van der Waals surface area contributed by atoms with Crippen LogP contribution in [0.25, 0.3) is 0 Å². The number of rotatable bonds is 4. The standard InChI is InChI=1S/C23H35N3O6S/c1-17-4-3-5-20(12-17)33(29,30)26-14-18(27)15-31-16-22-21(26)7-6-19(32-22)13-23(28)25-10-8-24(2)9-11-25/h3-5,12,18-19,21-22,27H,6-11,13-16H2,1-2H3/t18-,19-,21+,22-/m1/s1. The lowest BCUT2D eigenvalue weighted by Crippen LogP contribution is -2.57. The highest BCUT2D eigenvalue weighted by Crippen LogP contribution is 2.32. The van der Waals surface area contributed by atoms with E-state index in [9.17, 15) is 18.3 Å². The Hall–Kier alpha value is -1.56. The number of β-amino-alcohol motifs (C(OH)–C–C–N with tert-alkyl or cyclic N) is 1. The summed E-state index contributed by atoms with van der Waals surface area (Å²) in [5, 5.41) is 10.3. The molecule has 3 aliphatic heterocycles. The summed E-state index contributed by atoms with van der Waals surface area (Å²) in [7, 11) is -1.78. The molecule has 3 saturated heterocycles. The number of hydrogen-bond acceptors (Lipinski definition) is 7. The summed E-state index contributed by atoms with van der Waals surface area (Å²) in [6.45, 7) is 5.19. The predicted octanol–water partition coefficient (Wildman–Crippen LogP) is 0.457. The van der Waals surface area contributed by atoms with Crippen molar-refractivity contribution < 1.29 is 27.8 Å².